The van der Waals surface area contributed by atoms with Crippen molar-refractivity contribution in [3.05, 3.63) is 29.8 Å². The van der Waals surface area contributed by atoms with Crippen LogP contribution in [0.5, 0.6) is 0 Å². The molecule has 0 saturated heterocycles. The maximum Gasteiger partial charge on any atom is 0.294 e. The molecule has 0 aliphatic heterocycles. The number of hydrogen-bond donors (Lipinski definition) is 1. The summed E-state index contributed by atoms with van der Waals surface area (Å²) >= 11 is -0.747. The summed E-state index contributed by atoms with van der Waals surface area (Å²) in [5.41, 5.74) is 0.956. The maximum atomic E-state index is 10.5. The molecule has 1 rings (SSSR count). The van der Waals surface area contributed by atoms with Crippen LogP contribution in [0.1, 0.15) is 115 Å². The standard InChI is InChI=1S/C18H37.C7H8O3S.2CH3.Sn/c1-3-5-7-9-11-13-15-17-18-16-14-12-10-8-6-4-2;1-6-2-4-7(5-3-6)11(8,9)10;;;/h1,3-18H2,2H3;2-5H,1H3,(H,8,9,10);2*1H3;. The van der Waals surface area contributed by atoms with Crippen LogP contribution in [0.15, 0.2) is 29.2 Å². The Kier molecular flexibility index (Phi) is 21.4. The number of hydrogen-bond acceptors (Lipinski definition) is 2. The van der Waals surface area contributed by atoms with E-state index in [4.69, 9.17) is 4.55 Å². The second kappa shape index (κ2) is 21.5. The van der Waals surface area contributed by atoms with E-state index in [9.17, 15) is 8.42 Å². The Bertz CT molecular complexity index is 627. The second-order valence-corrected chi connectivity index (χ2v) is 19.3. The molecule has 0 bridgehead atoms. The van der Waals surface area contributed by atoms with Gasteiger partial charge in [-0.15, -0.1) is 0 Å². The van der Waals surface area contributed by atoms with E-state index >= 15 is 0 Å². The molecule has 1 radical (unpaired) electrons. The summed E-state index contributed by atoms with van der Waals surface area (Å²) in [6.45, 7) is 4.14. The SMILES string of the molecule is CCCCCCCCCCCCCCCCC[CH2][Sn]([CH3])[CH3].Cc1ccc(S(=O)(=O)O)cc1. The molecule has 1 N–H and O–H groups in total. The van der Waals surface area contributed by atoms with Crippen LogP contribution < -0.4 is 0 Å². The van der Waals surface area contributed by atoms with Crippen molar-refractivity contribution < 1.29 is 13.0 Å². The van der Waals surface area contributed by atoms with Crippen molar-refractivity contribution in [1.29, 1.82) is 0 Å². The van der Waals surface area contributed by atoms with E-state index in [2.05, 4.69) is 16.8 Å². The maximum absolute atomic E-state index is 10.5. The molecule has 0 aliphatic rings. The Labute approximate surface area is 207 Å². The minimum absolute atomic E-state index is 0.0666. The fourth-order valence-electron chi connectivity index (χ4n) is 3.74. The minimum atomic E-state index is -4.02. The van der Waals surface area contributed by atoms with Gasteiger partial charge in [0, 0.05) is 0 Å². The normalized spacial score (nSPS) is 11.4. The molecular formula is C27H51O3SSn. The second-order valence-electron chi connectivity index (χ2n) is 9.55. The van der Waals surface area contributed by atoms with Gasteiger partial charge >= 0.3 is 105 Å². The molecule has 5 heteroatoms. The molecule has 0 aliphatic carbocycles. The van der Waals surface area contributed by atoms with E-state index in [-0.39, 0.29) is 4.90 Å². The van der Waals surface area contributed by atoms with E-state index < -0.39 is 29.9 Å². The predicted octanol–water partition coefficient (Wildman–Crippen LogP) is 9.24. The van der Waals surface area contributed by atoms with Crippen molar-refractivity contribution >= 4 is 29.9 Å². The van der Waals surface area contributed by atoms with E-state index in [1.54, 1.807) is 23.0 Å². The van der Waals surface area contributed by atoms with Crippen LogP contribution in [0.3, 0.4) is 0 Å². The number of aryl methyl sites for hydroxylation is 1. The van der Waals surface area contributed by atoms with Gasteiger partial charge in [0.15, 0.2) is 0 Å². The first-order valence-electron chi connectivity index (χ1n) is 13.1. The summed E-state index contributed by atoms with van der Waals surface area (Å²) in [5, 5.41) is 0. The summed E-state index contributed by atoms with van der Waals surface area (Å²) < 4.78 is 31.2. The molecule has 0 aromatic heterocycles. The van der Waals surface area contributed by atoms with Crippen molar-refractivity contribution in [2.24, 2.45) is 0 Å². The topological polar surface area (TPSA) is 54.4 Å². The van der Waals surface area contributed by atoms with E-state index in [1.807, 2.05) is 6.92 Å². The summed E-state index contributed by atoms with van der Waals surface area (Å²) in [5.74, 6) is 0. The fourth-order valence-corrected chi connectivity index (χ4v) is 6.95. The first-order valence-corrected chi connectivity index (χ1v) is 22.3. The first-order chi connectivity index (χ1) is 15.3. The minimum Gasteiger partial charge on any atom is -0.282 e. The zero-order valence-corrected chi connectivity index (χ0v) is 25.2. The molecule has 0 spiro atoms. The molecule has 1 aromatic carbocycles. The van der Waals surface area contributed by atoms with Gasteiger partial charge in [-0.2, -0.15) is 8.42 Å². The monoisotopic (exact) mass is 575 g/mol. The van der Waals surface area contributed by atoms with Crippen molar-refractivity contribution in [3.8, 4) is 0 Å². The van der Waals surface area contributed by atoms with Gasteiger partial charge in [-0.1, -0.05) is 56.7 Å². The Morgan fingerprint density at radius 2 is 1.00 bits per heavy atom. The van der Waals surface area contributed by atoms with Gasteiger partial charge in [-0.25, -0.2) is 0 Å². The quantitative estimate of drug-likeness (QED) is 0.108. The third-order valence-electron chi connectivity index (χ3n) is 5.85. The van der Waals surface area contributed by atoms with Gasteiger partial charge in [0.1, 0.15) is 0 Å². The third kappa shape index (κ3) is 21.8. The molecule has 0 fully saturated rings. The van der Waals surface area contributed by atoms with Crippen LogP contribution in [0.4, 0.5) is 0 Å². The van der Waals surface area contributed by atoms with Gasteiger partial charge in [0.2, 0.25) is 0 Å². The van der Waals surface area contributed by atoms with E-state index in [1.165, 1.54) is 108 Å². The van der Waals surface area contributed by atoms with Crippen LogP contribution in [-0.2, 0) is 10.1 Å². The van der Waals surface area contributed by atoms with Gasteiger partial charge in [0.25, 0.3) is 10.1 Å². The summed E-state index contributed by atoms with van der Waals surface area (Å²) in [4.78, 5) is 5.00. The number of unbranched alkanes of at least 4 members (excludes halogenated alkanes) is 15. The van der Waals surface area contributed by atoms with Gasteiger partial charge in [-0.3, -0.25) is 4.55 Å². The Morgan fingerprint density at radius 3 is 1.31 bits per heavy atom. The first kappa shape index (κ1) is 31.9. The molecule has 0 unspecified atom stereocenters. The molecule has 32 heavy (non-hydrogen) atoms. The predicted molar refractivity (Wildman–Crippen MR) is 143 cm³/mol. The zero-order chi connectivity index (χ0) is 24.1. The van der Waals surface area contributed by atoms with Gasteiger partial charge in [-0.05, 0) is 19.1 Å². The van der Waals surface area contributed by atoms with Crippen LogP contribution in [0.2, 0.25) is 14.3 Å². The Hall–Kier alpha value is -0.0713. The molecule has 0 heterocycles. The van der Waals surface area contributed by atoms with Crippen LogP contribution >= 0.6 is 0 Å². The number of rotatable bonds is 18. The summed E-state index contributed by atoms with van der Waals surface area (Å²) in [6, 6.07) is 5.99. The smallest absolute Gasteiger partial charge is 0.282 e. The van der Waals surface area contributed by atoms with Gasteiger partial charge in [0.05, 0.1) is 4.90 Å². The van der Waals surface area contributed by atoms with Crippen molar-refractivity contribution in [2.75, 3.05) is 0 Å². The van der Waals surface area contributed by atoms with Crippen molar-refractivity contribution in [1.82, 2.24) is 0 Å². The summed E-state index contributed by atoms with van der Waals surface area (Å²) in [7, 11) is -4.02. The average Bonchev–Trinajstić information content (AvgIpc) is 2.73. The van der Waals surface area contributed by atoms with Crippen LogP contribution in [0.25, 0.3) is 0 Å². The van der Waals surface area contributed by atoms with Crippen LogP contribution in [0, 0.1) is 6.92 Å². The molecular weight excluding hydrogens is 523 g/mol. The van der Waals surface area contributed by atoms with E-state index in [0.717, 1.165) is 5.56 Å². The largest absolute Gasteiger partial charge is 0.294 e. The zero-order valence-electron chi connectivity index (χ0n) is 21.5. The summed E-state index contributed by atoms with van der Waals surface area (Å²) in [6.07, 6.45) is 23.8. The molecule has 0 atom stereocenters. The molecule has 187 valence electrons. The molecule has 0 amide bonds. The van der Waals surface area contributed by atoms with E-state index in [0.29, 0.717) is 0 Å². The third-order valence-corrected chi connectivity index (χ3v) is 10.6. The fraction of sp³-hybridized carbons (Fsp3) is 0.778. The van der Waals surface area contributed by atoms with Gasteiger partial charge < -0.3 is 0 Å². The molecule has 1 aromatic rings. The molecule has 0 saturated carbocycles. The van der Waals surface area contributed by atoms with Crippen molar-refractivity contribution in [3.63, 3.8) is 0 Å². The molecule has 3 nitrogen and oxygen atoms in total. The Balaban J connectivity index is 0.000000726. The van der Waals surface area contributed by atoms with Crippen molar-refractivity contribution in [2.45, 2.75) is 136 Å². The van der Waals surface area contributed by atoms with Crippen LogP contribution in [-0.4, -0.2) is 32.7 Å². The number of benzene rings is 1. The average molecular weight is 574 g/mol. The Morgan fingerprint density at radius 1 is 0.656 bits per heavy atom.